The highest BCUT2D eigenvalue weighted by Crippen LogP contribution is 2.51. The van der Waals surface area contributed by atoms with Crippen LogP contribution in [-0.2, 0) is 37.9 Å². The van der Waals surface area contributed by atoms with Crippen molar-refractivity contribution < 1.29 is 13.6 Å². The number of hydrogen-bond donors (Lipinski definition) is 0. The Bertz CT molecular complexity index is 2500. The molecule has 0 fully saturated rings. The summed E-state index contributed by atoms with van der Waals surface area (Å²) < 4.78 is 21.6. The molecule has 0 aliphatic rings. The summed E-state index contributed by atoms with van der Waals surface area (Å²) in [4.78, 5) is 0. The molecule has 0 radical (unpaired) electrons. The van der Waals surface area contributed by atoms with Gasteiger partial charge in [-0.15, -0.1) is 0 Å². The SMILES string of the molecule is CC(C)(C)c1ccc2cc(OP(Oc3cc4c(C(C)(C)C)cc(C(C)(C)C)cc4cc3C(C)(C)C)Oc3cc4c(C(C)(C)C)cc(C(C)(C)C)cc4cc3C(C)(C)C)ccc2c1. The molecule has 0 unspecified atom stereocenters. The van der Waals surface area contributed by atoms with Crippen molar-refractivity contribution in [3.63, 3.8) is 0 Å². The smallest absolute Gasteiger partial charge is 0.408 e. The fraction of sp³-hybridized carbons (Fsp3) is 0.483. The molecular formula is C58H77O3P. The first kappa shape index (κ1) is 47.4. The highest BCUT2D eigenvalue weighted by Gasteiger charge is 2.32. The Morgan fingerprint density at radius 1 is 0.290 bits per heavy atom. The molecule has 0 N–H and O–H groups in total. The number of hydrogen-bond acceptors (Lipinski definition) is 3. The maximum atomic E-state index is 7.29. The van der Waals surface area contributed by atoms with E-state index < -0.39 is 8.60 Å². The Hall–Kier alpha value is -4.07. The van der Waals surface area contributed by atoms with Gasteiger partial charge in [0.15, 0.2) is 0 Å². The highest BCUT2D eigenvalue weighted by atomic mass is 31.2. The Labute approximate surface area is 377 Å². The van der Waals surface area contributed by atoms with Gasteiger partial charge in [0, 0.05) is 11.1 Å². The third-order valence-corrected chi connectivity index (χ3v) is 13.3. The van der Waals surface area contributed by atoms with E-state index in [4.69, 9.17) is 13.6 Å². The minimum atomic E-state index is -2.03. The topological polar surface area (TPSA) is 27.7 Å². The third kappa shape index (κ3) is 10.3. The quantitative estimate of drug-likeness (QED) is 0.156. The van der Waals surface area contributed by atoms with E-state index in [9.17, 15) is 0 Å². The number of fused-ring (bicyclic) bond motifs is 3. The lowest BCUT2D eigenvalue weighted by atomic mass is 9.76. The molecule has 0 saturated carbocycles. The predicted octanol–water partition coefficient (Wildman–Crippen LogP) is 18.0. The second kappa shape index (κ2) is 15.9. The van der Waals surface area contributed by atoms with Crippen LogP contribution in [0.15, 0.2) is 84.9 Å². The van der Waals surface area contributed by atoms with E-state index in [0.29, 0.717) is 5.75 Å². The molecule has 0 aliphatic carbocycles. The maximum absolute atomic E-state index is 7.29. The summed E-state index contributed by atoms with van der Waals surface area (Å²) in [6.45, 7) is 48.0. The van der Waals surface area contributed by atoms with Crippen molar-refractivity contribution in [1.82, 2.24) is 0 Å². The summed E-state index contributed by atoms with van der Waals surface area (Å²) in [5.74, 6) is 2.27. The van der Waals surface area contributed by atoms with Gasteiger partial charge in [0.25, 0.3) is 0 Å². The van der Waals surface area contributed by atoms with Gasteiger partial charge in [0.1, 0.15) is 17.2 Å². The van der Waals surface area contributed by atoms with E-state index in [0.717, 1.165) is 28.0 Å². The van der Waals surface area contributed by atoms with E-state index in [-0.39, 0.29) is 37.9 Å². The molecular weight excluding hydrogens is 776 g/mol. The summed E-state index contributed by atoms with van der Waals surface area (Å²) in [6.07, 6.45) is 0. The van der Waals surface area contributed by atoms with Crippen molar-refractivity contribution in [2.24, 2.45) is 0 Å². The Balaban J connectivity index is 1.60. The minimum absolute atomic E-state index is 0.00120. The molecule has 0 aliphatic heterocycles. The van der Waals surface area contributed by atoms with Crippen molar-refractivity contribution in [3.05, 3.63) is 124 Å². The molecule has 62 heavy (non-hydrogen) atoms. The molecule has 3 nitrogen and oxygen atoms in total. The van der Waals surface area contributed by atoms with Crippen LogP contribution in [-0.4, -0.2) is 0 Å². The molecule has 0 atom stereocenters. The van der Waals surface area contributed by atoms with Crippen molar-refractivity contribution in [3.8, 4) is 17.2 Å². The van der Waals surface area contributed by atoms with E-state index in [1.54, 1.807) is 0 Å². The largest absolute Gasteiger partial charge is 0.530 e. The molecule has 0 bridgehead atoms. The molecule has 0 saturated heterocycles. The molecule has 0 spiro atoms. The highest BCUT2D eigenvalue weighted by molar-refractivity contribution is 7.43. The van der Waals surface area contributed by atoms with Gasteiger partial charge in [-0.1, -0.05) is 194 Å². The van der Waals surface area contributed by atoms with Gasteiger partial charge in [-0.25, -0.2) is 0 Å². The van der Waals surface area contributed by atoms with Gasteiger partial charge in [-0.2, -0.15) is 0 Å². The first-order valence-corrected chi connectivity index (χ1v) is 23.9. The van der Waals surface area contributed by atoms with Gasteiger partial charge in [-0.3, -0.25) is 0 Å². The van der Waals surface area contributed by atoms with E-state index in [2.05, 4.69) is 230 Å². The van der Waals surface area contributed by atoms with Crippen LogP contribution in [0, 0.1) is 0 Å². The van der Waals surface area contributed by atoms with Gasteiger partial charge in [0.05, 0.1) is 0 Å². The average molecular weight is 853 g/mol. The Morgan fingerprint density at radius 2 is 0.645 bits per heavy atom. The summed E-state index contributed by atoms with van der Waals surface area (Å²) in [7, 11) is -2.03. The first-order chi connectivity index (χ1) is 28.1. The van der Waals surface area contributed by atoms with Crippen molar-refractivity contribution in [1.29, 1.82) is 0 Å². The van der Waals surface area contributed by atoms with Crippen LogP contribution in [0.5, 0.6) is 17.2 Å². The van der Waals surface area contributed by atoms with Crippen LogP contribution in [0.3, 0.4) is 0 Å². The zero-order valence-corrected chi connectivity index (χ0v) is 43.1. The summed E-state index contributed by atoms with van der Waals surface area (Å²) >= 11 is 0. The molecule has 6 aromatic rings. The maximum Gasteiger partial charge on any atom is 0.530 e. The van der Waals surface area contributed by atoms with Gasteiger partial charge in [-0.05, 0) is 134 Å². The zero-order chi connectivity index (χ0) is 46.3. The summed E-state index contributed by atoms with van der Waals surface area (Å²) in [5.41, 5.74) is 8.19. The summed E-state index contributed by atoms with van der Waals surface area (Å²) in [5, 5.41) is 7.12. The van der Waals surface area contributed by atoms with Gasteiger partial charge < -0.3 is 13.6 Å². The van der Waals surface area contributed by atoms with E-state index in [1.807, 2.05) is 0 Å². The van der Waals surface area contributed by atoms with Crippen molar-refractivity contribution >= 4 is 40.9 Å². The molecule has 332 valence electrons. The number of rotatable bonds is 6. The van der Waals surface area contributed by atoms with Crippen molar-refractivity contribution in [2.45, 2.75) is 183 Å². The van der Waals surface area contributed by atoms with Crippen LogP contribution < -0.4 is 13.6 Å². The van der Waals surface area contributed by atoms with Gasteiger partial charge >= 0.3 is 8.60 Å². The summed E-state index contributed by atoms with van der Waals surface area (Å²) in [6, 6.07) is 31.9. The zero-order valence-electron chi connectivity index (χ0n) is 42.3. The first-order valence-electron chi connectivity index (χ1n) is 22.8. The minimum Gasteiger partial charge on any atom is -0.408 e. The predicted molar refractivity (Wildman–Crippen MR) is 272 cm³/mol. The fourth-order valence-electron chi connectivity index (χ4n) is 8.26. The second-order valence-electron chi connectivity index (χ2n) is 25.2. The van der Waals surface area contributed by atoms with Crippen LogP contribution in [0.1, 0.15) is 184 Å². The van der Waals surface area contributed by atoms with Crippen LogP contribution in [0.25, 0.3) is 32.3 Å². The van der Waals surface area contributed by atoms with Crippen LogP contribution >= 0.6 is 8.60 Å². The molecule has 0 aromatic heterocycles. The average Bonchev–Trinajstić information content (AvgIpc) is 3.10. The molecule has 0 amide bonds. The fourth-order valence-corrected chi connectivity index (χ4v) is 9.28. The molecule has 6 rings (SSSR count). The Kier molecular flexibility index (Phi) is 12.1. The lowest BCUT2D eigenvalue weighted by Gasteiger charge is -2.31. The van der Waals surface area contributed by atoms with Crippen LogP contribution in [0.4, 0.5) is 0 Å². The standard InChI is InChI=1S/C58H77O3P/c1-52(2,3)40-24-22-37-29-43(25-23-36(37)26-40)59-62(60-50-34-44-38(30-48(50)57(16,17)18)27-41(53(4,5)6)32-46(44)55(10,11)12)61-51-35-45-39(31-49(51)58(19,20)21)28-42(54(7,8)9)33-47(45)56(13,14)15/h22-35H,1-21H3. The van der Waals surface area contributed by atoms with Gasteiger partial charge in [0.2, 0.25) is 0 Å². The number of benzene rings is 6. The molecule has 0 heterocycles. The van der Waals surface area contributed by atoms with E-state index >= 15 is 0 Å². The lowest BCUT2D eigenvalue weighted by molar-refractivity contribution is 0.378. The van der Waals surface area contributed by atoms with E-state index in [1.165, 1.54) is 54.7 Å². The lowest BCUT2D eigenvalue weighted by Crippen LogP contribution is -2.19. The molecule has 4 heteroatoms. The van der Waals surface area contributed by atoms with Crippen LogP contribution in [0.2, 0.25) is 0 Å². The normalized spacial score (nSPS) is 13.7. The van der Waals surface area contributed by atoms with Crippen molar-refractivity contribution in [2.75, 3.05) is 0 Å². The molecule has 6 aromatic carbocycles. The monoisotopic (exact) mass is 853 g/mol. The second-order valence-corrected chi connectivity index (χ2v) is 26.2. The Morgan fingerprint density at radius 3 is 1.02 bits per heavy atom. The third-order valence-electron chi connectivity index (χ3n) is 12.3.